The lowest BCUT2D eigenvalue weighted by Gasteiger charge is -2.41. The maximum Gasteiger partial charge on any atom is 0.329 e. The van der Waals surface area contributed by atoms with E-state index in [9.17, 15) is 14.7 Å². The van der Waals surface area contributed by atoms with Crippen LogP contribution in [0.4, 0.5) is 0 Å². The molecule has 0 saturated carbocycles. The van der Waals surface area contributed by atoms with Gasteiger partial charge in [-0.1, -0.05) is 6.07 Å². The second-order valence-corrected chi connectivity index (χ2v) is 6.55. The predicted octanol–water partition coefficient (Wildman–Crippen LogP) is 3.19. The fourth-order valence-corrected chi connectivity index (χ4v) is 3.21. The maximum absolute atomic E-state index is 12.9. The van der Waals surface area contributed by atoms with E-state index in [0.29, 0.717) is 18.5 Å². The van der Waals surface area contributed by atoms with Crippen LogP contribution < -0.4 is 0 Å². The van der Waals surface area contributed by atoms with E-state index in [-0.39, 0.29) is 5.91 Å². The largest absolute Gasteiger partial charge is 0.480 e. The minimum atomic E-state index is -1.10. The average Bonchev–Trinajstić information content (AvgIpc) is 2.47. The van der Waals surface area contributed by atoms with Crippen molar-refractivity contribution in [1.82, 2.24) is 4.90 Å². The molecule has 0 radical (unpaired) electrons. The second-order valence-electron chi connectivity index (χ2n) is 5.67. The molecule has 0 spiro atoms. The van der Waals surface area contributed by atoms with Crippen LogP contribution in [0.5, 0.6) is 0 Å². The van der Waals surface area contributed by atoms with Crippen molar-refractivity contribution in [3.05, 3.63) is 29.3 Å². The Hall–Kier alpha value is -1.49. The number of carbonyl (C=O) groups is 2. The Labute approximate surface area is 129 Å². The topological polar surface area (TPSA) is 57.6 Å². The van der Waals surface area contributed by atoms with Gasteiger partial charge in [0.05, 0.1) is 0 Å². The number of aliphatic carboxylic acids is 1. The second kappa shape index (κ2) is 6.10. The summed E-state index contributed by atoms with van der Waals surface area (Å²) in [4.78, 5) is 27.0. The van der Waals surface area contributed by atoms with Crippen molar-refractivity contribution in [2.24, 2.45) is 0 Å². The summed E-state index contributed by atoms with van der Waals surface area (Å²) in [7, 11) is 0. The molecule has 1 atom stereocenters. The van der Waals surface area contributed by atoms with Gasteiger partial charge < -0.3 is 10.0 Å². The molecule has 1 unspecified atom stereocenters. The molecule has 1 fully saturated rings. The van der Waals surface area contributed by atoms with E-state index >= 15 is 0 Å². The van der Waals surface area contributed by atoms with E-state index in [1.807, 2.05) is 31.4 Å². The van der Waals surface area contributed by atoms with Crippen LogP contribution in [0.15, 0.2) is 23.1 Å². The fraction of sp³-hybridized carbons (Fsp3) is 0.500. The molecular formula is C16H21NO3S. The Kier molecular flexibility index (Phi) is 4.61. The fourth-order valence-electron chi connectivity index (χ4n) is 2.77. The van der Waals surface area contributed by atoms with Crippen LogP contribution in [0.1, 0.15) is 42.1 Å². The molecule has 0 bridgehead atoms. The van der Waals surface area contributed by atoms with Crippen LogP contribution in [0, 0.1) is 6.92 Å². The Morgan fingerprint density at radius 2 is 2.05 bits per heavy atom. The highest BCUT2D eigenvalue weighted by atomic mass is 32.2. The van der Waals surface area contributed by atoms with Gasteiger partial charge in [0.25, 0.3) is 5.91 Å². The van der Waals surface area contributed by atoms with E-state index in [0.717, 1.165) is 23.3 Å². The highest BCUT2D eigenvalue weighted by molar-refractivity contribution is 7.98. The van der Waals surface area contributed by atoms with E-state index in [1.54, 1.807) is 18.7 Å². The van der Waals surface area contributed by atoms with E-state index in [4.69, 9.17) is 0 Å². The third-order valence-corrected chi connectivity index (χ3v) is 5.00. The summed E-state index contributed by atoms with van der Waals surface area (Å²) in [6.07, 6.45) is 4.17. The number of likely N-dealkylation sites (tertiary alicyclic amines) is 1. The minimum Gasteiger partial charge on any atom is -0.480 e. The molecule has 1 aromatic rings. The first kappa shape index (κ1) is 15.9. The van der Waals surface area contributed by atoms with Gasteiger partial charge in [-0.3, -0.25) is 4.79 Å². The molecule has 5 heteroatoms. The van der Waals surface area contributed by atoms with Crippen molar-refractivity contribution >= 4 is 23.6 Å². The Morgan fingerprint density at radius 3 is 2.67 bits per heavy atom. The number of thioether (sulfide) groups is 1. The van der Waals surface area contributed by atoms with Crippen molar-refractivity contribution in [3.63, 3.8) is 0 Å². The molecular weight excluding hydrogens is 286 g/mol. The number of nitrogens with zero attached hydrogens (tertiary/aromatic N) is 1. The predicted molar refractivity (Wildman–Crippen MR) is 83.9 cm³/mol. The number of hydrogen-bond acceptors (Lipinski definition) is 3. The average molecular weight is 307 g/mol. The number of carbonyl (C=O) groups excluding carboxylic acids is 1. The lowest BCUT2D eigenvalue weighted by atomic mass is 9.87. The number of piperidine rings is 1. The van der Waals surface area contributed by atoms with E-state index in [2.05, 4.69) is 0 Å². The zero-order valence-electron chi connectivity index (χ0n) is 12.7. The van der Waals surface area contributed by atoms with Gasteiger partial charge >= 0.3 is 5.97 Å². The van der Waals surface area contributed by atoms with E-state index < -0.39 is 11.5 Å². The third kappa shape index (κ3) is 2.93. The lowest BCUT2D eigenvalue weighted by Crippen LogP contribution is -2.57. The molecule has 114 valence electrons. The smallest absolute Gasteiger partial charge is 0.329 e. The monoisotopic (exact) mass is 307 g/mol. The molecule has 0 aromatic heterocycles. The number of benzene rings is 1. The summed E-state index contributed by atoms with van der Waals surface area (Å²) in [5.74, 6) is -1.10. The lowest BCUT2D eigenvalue weighted by molar-refractivity contribution is -0.150. The standard InChI is InChI=1S/C16H21NO3S/c1-11-6-7-12(21-3)10-13(11)14(18)17-9-5-4-8-16(17,2)15(19)20/h6-7,10H,4-5,8-9H2,1-3H3,(H,19,20). The molecule has 4 nitrogen and oxygen atoms in total. The van der Waals surface area contributed by atoms with Crippen molar-refractivity contribution in [1.29, 1.82) is 0 Å². The number of hydrogen-bond donors (Lipinski definition) is 1. The summed E-state index contributed by atoms with van der Waals surface area (Å²) in [6, 6.07) is 5.75. The highest BCUT2D eigenvalue weighted by Gasteiger charge is 2.44. The quantitative estimate of drug-likeness (QED) is 0.871. The molecule has 21 heavy (non-hydrogen) atoms. The van der Waals surface area contributed by atoms with Crippen LogP contribution >= 0.6 is 11.8 Å². The molecule has 1 amide bonds. The summed E-state index contributed by atoms with van der Waals surface area (Å²) < 4.78 is 0. The molecule has 0 aliphatic carbocycles. The van der Waals surface area contributed by atoms with Gasteiger partial charge in [-0.25, -0.2) is 4.79 Å². The van der Waals surface area contributed by atoms with Crippen molar-refractivity contribution < 1.29 is 14.7 Å². The van der Waals surface area contributed by atoms with Crippen LogP contribution in [0.2, 0.25) is 0 Å². The molecule has 1 N–H and O–H groups in total. The van der Waals surface area contributed by atoms with Crippen LogP contribution in [-0.4, -0.2) is 40.2 Å². The molecule has 1 saturated heterocycles. The number of carboxylic acids is 1. The van der Waals surface area contributed by atoms with Gasteiger partial charge in [0.1, 0.15) is 5.54 Å². The SMILES string of the molecule is CSc1ccc(C)c(C(=O)N2CCCCC2(C)C(=O)O)c1. The number of rotatable bonds is 3. The molecule has 2 rings (SSSR count). The Bertz CT molecular complexity index is 573. The normalized spacial score (nSPS) is 22.1. The first-order chi connectivity index (χ1) is 9.90. The molecule has 1 aliphatic rings. The summed E-state index contributed by atoms with van der Waals surface area (Å²) in [6.45, 7) is 4.05. The van der Waals surface area contributed by atoms with Gasteiger partial charge in [0.15, 0.2) is 0 Å². The van der Waals surface area contributed by atoms with Gasteiger partial charge in [-0.15, -0.1) is 11.8 Å². The summed E-state index contributed by atoms with van der Waals surface area (Å²) in [5.41, 5.74) is 0.393. The van der Waals surface area contributed by atoms with E-state index in [1.165, 1.54) is 4.90 Å². The van der Waals surface area contributed by atoms with Crippen molar-refractivity contribution in [2.45, 2.75) is 43.5 Å². The third-order valence-electron chi connectivity index (χ3n) is 4.27. The number of aryl methyl sites for hydroxylation is 1. The van der Waals surface area contributed by atoms with Crippen LogP contribution in [-0.2, 0) is 4.79 Å². The zero-order chi connectivity index (χ0) is 15.6. The van der Waals surface area contributed by atoms with Crippen LogP contribution in [0.25, 0.3) is 0 Å². The van der Waals surface area contributed by atoms with Gasteiger partial charge in [-0.2, -0.15) is 0 Å². The molecule has 1 aromatic carbocycles. The van der Waals surface area contributed by atoms with Crippen LogP contribution in [0.3, 0.4) is 0 Å². The first-order valence-electron chi connectivity index (χ1n) is 7.10. The Balaban J connectivity index is 2.40. The van der Waals surface area contributed by atoms with Gasteiger partial charge in [0, 0.05) is 17.0 Å². The highest BCUT2D eigenvalue weighted by Crippen LogP contribution is 2.31. The molecule has 1 aliphatic heterocycles. The number of amides is 1. The summed E-state index contributed by atoms with van der Waals surface area (Å²) >= 11 is 1.57. The molecule has 1 heterocycles. The van der Waals surface area contributed by atoms with Gasteiger partial charge in [-0.05, 0) is 57.1 Å². The zero-order valence-corrected chi connectivity index (χ0v) is 13.5. The van der Waals surface area contributed by atoms with Gasteiger partial charge in [0.2, 0.25) is 0 Å². The first-order valence-corrected chi connectivity index (χ1v) is 8.32. The van der Waals surface area contributed by atoms with Crippen molar-refractivity contribution in [2.75, 3.05) is 12.8 Å². The maximum atomic E-state index is 12.9. The minimum absolute atomic E-state index is 0.173. The summed E-state index contributed by atoms with van der Waals surface area (Å²) in [5, 5.41) is 9.54. The number of carboxylic acid groups (broad SMARTS) is 1. The Morgan fingerprint density at radius 1 is 1.33 bits per heavy atom. The van der Waals surface area contributed by atoms with Crippen molar-refractivity contribution in [3.8, 4) is 0 Å².